The lowest BCUT2D eigenvalue weighted by molar-refractivity contribution is -0.122. The average molecular weight is 431 g/mol. The molecule has 0 aromatic heterocycles. The van der Waals surface area contributed by atoms with Crippen LogP contribution in [-0.2, 0) is 9.59 Å². The zero-order chi connectivity index (χ0) is 17.3. The highest BCUT2D eigenvalue weighted by atomic mass is 79.9. The first kappa shape index (κ1) is 20.2. The van der Waals surface area contributed by atoms with Gasteiger partial charge in [0.25, 0.3) is 0 Å². The minimum absolute atomic E-state index is 0. The van der Waals surface area contributed by atoms with E-state index in [1.807, 2.05) is 12.1 Å². The zero-order valence-corrected chi connectivity index (χ0v) is 16.7. The molecule has 7 heteroatoms. The second-order valence-corrected chi connectivity index (χ2v) is 7.97. The molecule has 2 saturated carbocycles. The molecular weight excluding hydrogens is 406 g/mol. The van der Waals surface area contributed by atoms with E-state index < -0.39 is 0 Å². The number of halogens is 2. The number of amides is 2. The molecule has 0 spiro atoms. The molecule has 2 atom stereocenters. The Morgan fingerprint density at radius 1 is 1.12 bits per heavy atom. The van der Waals surface area contributed by atoms with Crippen molar-refractivity contribution in [3.8, 4) is 0 Å². The molecule has 0 saturated heterocycles. The molecule has 1 aromatic carbocycles. The molecule has 4 N–H and O–H groups in total. The van der Waals surface area contributed by atoms with Crippen LogP contribution >= 0.6 is 28.3 Å². The van der Waals surface area contributed by atoms with Crippen molar-refractivity contribution in [2.45, 2.75) is 45.1 Å². The van der Waals surface area contributed by atoms with E-state index in [1.165, 1.54) is 13.3 Å². The van der Waals surface area contributed by atoms with E-state index in [1.54, 1.807) is 6.07 Å². The molecule has 0 aliphatic heterocycles. The SMILES string of the molecule is CC(=O)Nc1ccc(Br)cc1NC(=O)C1CC2CCCC(C1)C2N.Cl. The second-order valence-electron chi connectivity index (χ2n) is 7.06. The van der Waals surface area contributed by atoms with Crippen LogP contribution in [0.15, 0.2) is 22.7 Å². The summed E-state index contributed by atoms with van der Waals surface area (Å²) >= 11 is 3.42. The van der Waals surface area contributed by atoms with E-state index >= 15 is 0 Å². The Labute approximate surface area is 163 Å². The number of carbonyl (C=O) groups excluding carboxylic acids is 2. The molecule has 0 heterocycles. The van der Waals surface area contributed by atoms with Crippen molar-refractivity contribution in [2.24, 2.45) is 23.5 Å². The van der Waals surface area contributed by atoms with Gasteiger partial charge in [0.15, 0.2) is 0 Å². The number of hydrogen-bond donors (Lipinski definition) is 3. The maximum absolute atomic E-state index is 12.8. The second kappa shape index (κ2) is 8.52. The van der Waals surface area contributed by atoms with Crippen LogP contribution in [0.2, 0.25) is 0 Å². The average Bonchev–Trinajstić information content (AvgIpc) is 2.49. The Morgan fingerprint density at radius 2 is 1.76 bits per heavy atom. The van der Waals surface area contributed by atoms with E-state index in [9.17, 15) is 9.59 Å². The summed E-state index contributed by atoms with van der Waals surface area (Å²) in [7, 11) is 0. The summed E-state index contributed by atoms with van der Waals surface area (Å²) in [5.74, 6) is 0.801. The summed E-state index contributed by atoms with van der Waals surface area (Å²) in [5, 5.41) is 5.77. The van der Waals surface area contributed by atoms with E-state index in [4.69, 9.17) is 5.73 Å². The summed E-state index contributed by atoms with van der Waals surface area (Å²) in [6, 6.07) is 5.69. The number of benzene rings is 1. The van der Waals surface area contributed by atoms with E-state index in [0.717, 1.165) is 30.2 Å². The number of rotatable bonds is 3. The quantitative estimate of drug-likeness (QED) is 0.679. The minimum atomic E-state index is -0.161. The monoisotopic (exact) mass is 429 g/mol. The van der Waals surface area contributed by atoms with Crippen LogP contribution in [-0.4, -0.2) is 17.9 Å². The molecule has 25 heavy (non-hydrogen) atoms. The van der Waals surface area contributed by atoms with Crippen molar-refractivity contribution < 1.29 is 9.59 Å². The van der Waals surface area contributed by atoms with Gasteiger partial charge in [0.05, 0.1) is 11.4 Å². The molecule has 2 bridgehead atoms. The van der Waals surface area contributed by atoms with E-state index in [2.05, 4.69) is 26.6 Å². The van der Waals surface area contributed by atoms with Crippen LogP contribution in [0.1, 0.15) is 39.0 Å². The smallest absolute Gasteiger partial charge is 0.227 e. The first-order valence-electron chi connectivity index (χ1n) is 8.57. The van der Waals surface area contributed by atoms with Gasteiger partial charge in [0, 0.05) is 23.4 Å². The fraction of sp³-hybridized carbons (Fsp3) is 0.556. The Bertz CT molecular complexity index is 641. The van der Waals surface area contributed by atoms with E-state index in [0.29, 0.717) is 23.2 Å². The van der Waals surface area contributed by atoms with Crippen LogP contribution in [0.5, 0.6) is 0 Å². The summed E-state index contributed by atoms with van der Waals surface area (Å²) in [6.45, 7) is 1.46. The lowest BCUT2D eigenvalue weighted by atomic mass is 9.65. The first-order chi connectivity index (χ1) is 11.4. The third-order valence-corrected chi connectivity index (χ3v) is 5.83. The number of anilines is 2. The van der Waals surface area contributed by atoms with Crippen molar-refractivity contribution in [1.29, 1.82) is 0 Å². The molecule has 3 rings (SSSR count). The van der Waals surface area contributed by atoms with Crippen LogP contribution in [0.3, 0.4) is 0 Å². The highest BCUT2D eigenvalue weighted by molar-refractivity contribution is 9.10. The third-order valence-electron chi connectivity index (χ3n) is 5.33. The normalized spacial score (nSPS) is 27.8. The largest absolute Gasteiger partial charge is 0.327 e. The zero-order valence-electron chi connectivity index (χ0n) is 14.3. The van der Waals surface area contributed by atoms with Gasteiger partial charge in [-0.05, 0) is 55.7 Å². The molecule has 5 nitrogen and oxygen atoms in total. The molecule has 1 aromatic rings. The standard InChI is InChI=1S/C18H24BrN3O2.ClH/c1-10(23)21-15-6-5-14(19)9-16(15)22-18(24)13-7-11-3-2-4-12(8-13)17(11)20;/h5-6,9,11-13,17H,2-4,7-8,20H2,1H3,(H,21,23)(H,22,24);1H. The fourth-order valence-electron chi connectivity index (χ4n) is 4.16. The maximum Gasteiger partial charge on any atom is 0.227 e. The number of carbonyl (C=O) groups is 2. The van der Waals surface area contributed by atoms with Gasteiger partial charge < -0.3 is 16.4 Å². The molecule has 2 fully saturated rings. The van der Waals surface area contributed by atoms with Crippen molar-refractivity contribution in [1.82, 2.24) is 0 Å². The Kier molecular flexibility index (Phi) is 6.88. The highest BCUT2D eigenvalue weighted by Gasteiger charge is 2.40. The van der Waals surface area contributed by atoms with Crippen LogP contribution in [0.4, 0.5) is 11.4 Å². The highest BCUT2D eigenvalue weighted by Crippen LogP contribution is 2.42. The van der Waals surface area contributed by atoms with Gasteiger partial charge >= 0.3 is 0 Å². The topological polar surface area (TPSA) is 84.2 Å². The van der Waals surface area contributed by atoms with Gasteiger partial charge in [-0.25, -0.2) is 0 Å². The van der Waals surface area contributed by atoms with Gasteiger partial charge in [-0.3, -0.25) is 9.59 Å². The van der Waals surface area contributed by atoms with Crippen molar-refractivity contribution in [3.63, 3.8) is 0 Å². The lowest BCUT2D eigenvalue weighted by Crippen LogP contribution is -2.48. The fourth-order valence-corrected chi connectivity index (χ4v) is 4.52. The number of nitrogens with two attached hydrogens (primary N) is 1. The van der Waals surface area contributed by atoms with Gasteiger partial charge in [0.1, 0.15) is 0 Å². The van der Waals surface area contributed by atoms with Gasteiger partial charge in [-0.2, -0.15) is 0 Å². The first-order valence-corrected chi connectivity index (χ1v) is 9.37. The summed E-state index contributed by atoms with van der Waals surface area (Å²) < 4.78 is 0.856. The van der Waals surface area contributed by atoms with Crippen molar-refractivity contribution in [2.75, 3.05) is 10.6 Å². The molecule has 2 unspecified atom stereocenters. The molecule has 2 aliphatic rings. The van der Waals surface area contributed by atoms with Crippen molar-refractivity contribution in [3.05, 3.63) is 22.7 Å². The van der Waals surface area contributed by atoms with E-state index in [-0.39, 0.29) is 36.2 Å². The Hall–Kier alpha value is -1.11. The molecule has 138 valence electrons. The van der Waals surface area contributed by atoms with Crippen LogP contribution in [0.25, 0.3) is 0 Å². The molecule has 2 amide bonds. The van der Waals surface area contributed by atoms with Crippen LogP contribution in [0, 0.1) is 17.8 Å². The minimum Gasteiger partial charge on any atom is -0.327 e. The lowest BCUT2D eigenvalue weighted by Gasteiger charge is -2.43. The number of fused-ring (bicyclic) bond motifs is 2. The number of hydrogen-bond acceptors (Lipinski definition) is 3. The Morgan fingerprint density at radius 3 is 2.36 bits per heavy atom. The number of nitrogens with one attached hydrogen (secondary N) is 2. The predicted molar refractivity (Wildman–Crippen MR) is 106 cm³/mol. The maximum atomic E-state index is 12.8. The molecule has 2 aliphatic carbocycles. The summed E-state index contributed by atoms with van der Waals surface area (Å²) in [4.78, 5) is 24.1. The summed E-state index contributed by atoms with van der Waals surface area (Å²) in [6.07, 6.45) is 5.24. The molecular formula is C18H25BrClN3O2. The summed E-state index contributed by atoms with van der Waals surface area (Å²) in [5.41, 5.74) is 7.56. The molecule has 0 radical (unpaired) electrons. The third kappa shape index (κ3) is 4.74. The predicted octanol–water partition coefficient (Wildman–Crippen LogP) is 3.92. The van der Waals surface area contributed by atoms with Crippen LogP contribution < -0.4 is 16.4 Å². The van der Waals surface area contributed by atoms with Gasteiger partial charge in [-0.15, -0.1) is 12.4 Å². The Balaban J connectivity index is 0.00000225. The van der Waals surface area contributed by atoms with Gasteiger partial charge in [-0.1, -0.05) is 22.4 Å². The van der Waals surface area contributed by atoms with Gasteiger partial charge in [0.2, 0.25) is 11.8 Å². The van der Waals surface area contributed by atoms with Crippen molar-refractivity contribution >= 4 is 51.5 Å².